The highest BCUT2D eigenvalue weighted by atomic mass is 16.2. The van der Waals surface area contributed by atoms with E-state index in [0.717, 1.165) is 5.69 Å². The number of aromatic nitrogens is 1. The molecule has 1 N–H and O–H groups in total. The van der Waals surface area contributed by atoms with Crippen LogP contribution in [0.25, 0.3) is 0 Å². The van der Waals surface area contributed by atoms with Crippen LogP contribution < -0.4 is 5.32 Å². The van der Waals surface area contributed by atoms with Gasteiger partial charge in [0.05, 0.1) is 12.0 Å². The molecule has 0 aliphatic carbocycles. The predicted molar refractivity (Wildman–Crippen MR) is 70.1 cm³/mol. The Morgan fingerprint density at radius 2 is 2.39 bits per heavy atom. The summed E-state index contributed by atoms with van der Waals surface area (Å²) in [5, 5.41) is 11.8. The van der Waals surface area contributed by atoms with Crippen molar-refractivity contribution in [3.8, 4) is 6.07 Å². The summed E-state index contributed by atoms with van der Waals surface area (Å²) in [6.45, 7) is 4.69. The molecular weight excluding hydrogens is 228 g/mol. The van der Waals surface area contributed by atoms with Crippen molar-refractivity contribution < 1.29 is 4.79 Å². The first kappa shape index (κ1) is 14.0. The minimum absolute atomic E-state index is 0.142. The van der Waals surface area contributed by atoms with E-state index in [1.165, 1.54) is 0 Å². The average Bonchev–Trinajstić information content (AvgIpc) is 2.43. The number of anilines is 1. The molecule has 0 spiro atoms. The van der Waals surface area contributed by atoms with E-state index in [2.05, 4.69) is 16.4 Å². The topological polar surface area (TPSA) is 69.0 Å². The lowest BCUT2D eigenvalue weighted by Crippen LogP contribution is -2.34. The van der Waals surface area contributed by atoms with Gasteiger partial charge in [0.2, 0.25) is 0 Å². The quantitative estimate of drug-likeness (QED) is 0.859. The van der Waals surface area contributed by atoms with Gasteiger partial charge < -0.3 is 10.2 Å². The van der Waals surface area contributed by atoms with Gasteiger partial charge in [0.15, 0.2) is 0 Å². The second kappa shape index (κ2) is 6.60. The van der Waals surface area contributed by atoms with Crippen LogP contribution in [0.4, 0.5) is 5.69 Å². The Hall–Kier alpha value is -2.09. The SMILES string of the molecule is CCN(CC(C)C#N)C(=O)c1cc(NC)ccn1. The molecule has 18 heavy (non-hydrogen) atoms. The van der Waals surface area contributed by atoms with Crippen molar-refractivity contribution in [2.75, 3.05) is 25.5 Å². The Balaban J connectivity index is 2.86. The fourth-order valence-corrected chi connectivity index (χ4v) is 1.59. The summed E-state index contributed by atoms with van der Waals surface area (Å²) in [7, 11) is 1.79. The number of amides is 1. The molecule has 96 valence electrons. The maximum atomic E-state index is 12.2. The maximum Gasteiger partial charge on any atom is 0.272 e. The minimum atomic E-state index is -0.179. The zero-order chi connectivity index (χ0) is 13.5. The first-order valence-corrected chi connectivity index (χ1v) is 5.95. The third kappa shape index (κ3) is 3.45. The number of rotatable bonds is 5. The largest absolute Gasteiger partial charge is 0.388 e. The Labute approximate surface area is 107 Å². The van der Waals surface area contributed by atoms with Gasteiger partial charge in [-0.2, -0.15) is 5.26 Å². The minimum Gasteiger partial charge on any atom is -0.388 e. The van der Waals surface area contributed by atoms with E-state index in [1.807, 2.05) is 6.92 Å². The van der Waals surface area contributed by atoms with Crippen LogP contribution in [0.2, 0.25) is 0 Å². The standard InChI is InChI=1S/C13H18N4O/c1-4-17(9-10(2)8-14)13(18)12-7-11(15-3)5-6-16-12/h5-7,10H,4,9H2,1-3H3,(H,15,16). The Morgan fingerprint density at radius 3 is 2.94 bits per heavy atom. The molecule has 0 aromatic carbocycles. The smallest absolute Gasteiger partial charge is 0.272 e. The molecule has 1 atom stereocenters. The molecule has 0 radical (unpaired) electrons. The van der Waals surface area contributed by atoms with E-state index in [1.54, 1.807) is 37.2 Å². The number of pyridine rings is 1. The van der Waals surface area contributed by atoms with Crippen molar-refractivity contribution in [3.63, 3.8) is 0 Å². The predicted octanol–water partition coefficient (Wildman–Crippen LogP) is 1.75. The molecule has 1 unspecified atom stereocenters. The van der Waals surface area contributed by atoms with Gasteiger partial charge >= 0.3 is 0 Å². The highest BCUT2D eigenvalue weighted by Gasteiger charge is 2.17. The van der Waals surface area contributed by atoms with Gasteiger partial charge in [-0.1, -0.05) is 0 Å². The maximum absolute atomic E-state index is 12.2. The summed E-state index contributed by atoms with van der Waals surface area (Å²) in [4.78, 5) is 17.9. The fourth-order valence-electron chi connectivity index (χ4n) is 1.59. The third-order valence-corrected chi connectivity index (χ3v) is 2.65. The Morgan fingerprint density at radius 1 is 1.67 bits per heavy atom. The molecule has 0 aliphatic heterocycles. The molecule has 0 bridgehead atoms. The summed E-state index contributed by atoms with van der Waals surface area (Å²) < 4.78 is 0. The number of hydrogen-bond acceptors (Lipinski definition) is 4. The lowest BCUT2D eigenvalue weighted by Gasteiger charge is -2.21. The molecule has 5 heteroatoms. The van der Waals surface area contributed by atoms with Gasteiger partial charge in [-0.3, -0.25) is 9.78 Å². The van der Waals surface area contributed by atoms with Crippen LogP contribution in [0.3, 0.4) is 0 Å². The van der Waals surface area contributed by atoms with Gasteiger partial charge in [0, 0.05) is 32.0 Å². The van der Waals surface area contributed by atoms with Crippen molar-refractivity contribution in [1.29, 1.82) is 5.26 Å². The summed E-state index contributed by atoms with van der Waals surface area (Å²) in [5.74, 6) is -0.321. The molecular formula is C13H18N4O. The summed E-state index contributed by atoms with van der Waals surface area (Å²) in [6.07, 6.45) is 1.60. The zero-order valence-corrected chi connectivity index (χ0v) is 11.0. The number of carbonyl (C=O) groups is 1. The molecule has 1 heterocycles. The number of hydrogen-bond donors (Lipinski definition) is 1. The van der Waals surface area contributed by atoms with Gasteiger partial charge in [-0.25, -0.2) is 0 Å². The second-order valence-electron chi connectivity index (χ2n) is 4.05. The van der Waals surface area contributed by atoms with E-state index in [-0.39, 0.29) is 11.8 Å². The zero-order valence-electron chi connectivity index (χ0n) is 11.0. The molecule has 5 nitrogen and oxygen atoms in total. The number of nitrogens with zero attached hydrogens (tertiary/aromatic N) is 3. The van der Waals surface area contributed by atoms with E-state index < -0.39 is 0 Å². The molecule has 1 aromatic heterocycles. The first-order valence-electron chi connectivity index (χ1n) is 5.95. The van der Waals surface area contributed by atoms with Crippen LogP contribution in [-0.2, 0) is 0 Å². The second-order valence-corrected chi connectivity index (χ2v) is 4.05. The van der Waals surface area contributed by atoms with E-state index >= 15 is 0 Å². The molecule has 1 rings (SSSR count). The van der Waals surface area contributed by atoms with Crippen LogP contribution in [0.15, 0.2) is 18.3 Å². The van der Waals surface area contributed by atoms with Crippen molar-refractivity contribution in [2.45, 2.75) is 13.8 Å². The van der Waals surface area contributed by atoms with Crippen molar-refractivity contribution in [3.05, 3.63) is 24.0 Å². The summed E-state index contributed by atoms with van der Waals surface area (Å²) in [5.41, 5.74) is 1.24. The van der Waals surface area contributed by atoms with E-state index in [4.69, 9.17) is 5.26 Å². The number of nitriles is 1. The highest BCUT2D eigenvalue weighted by molar-refractivity contribution is 5.93. The molecule has 1 amide bonds. The molecule has 1 aromatic rings. The molecule has 0 saturated carbocycles. The average molecular weight is 246 g/mol. The summed E-state index contributed by atoms with van der Waals surface area (Å²) in [6, 6.07) is 5.64. The van der Waals surface area contributed by atoms with Crippen molar-refractivity contribution >= 4 is 11.6 Å². The van der Waals surface area contributed by atoms with Crippen LogP contribution in [0.5, 0.6) is 0 Å². The first-order chi connectivity index (χ1) is 8.62. The van der Waals surface area contributed by atoms with Crippen LogP contribution >= 0.6 is 0 Å². The van der Waals surface area contributed by atoms with Gasteiger partial charge in [0.25, 0.3) is 5.91 Å². The van der Waals surface area contributed by atoms with Crippen molar-refractivity contribution in [2.24, 2.45) is 5.92 Å². The highest BCUT2D eigenvalue weighted by Crippen LogP contribution is 2.10. The van der Waals surface area contributed by atoms with Gasteiger partial charge in [0.1, 0.15) is 5.69 Å². The lowest BCUT2D eigenvalue weighted by atomic mass is 10.2. The van der Waals surface area contributed by atoms with Crippen molar-refractivity contribution in [1.82, 2.24) is 9.88 Å². The van der Waals surface area contributed by atoms with Gasteiger partial charge in [-0.15, -0.1) is 0 Å². The van der Waals surface area contributed by atoms with Gasteiger partial charge in [-0.05, 0) is 26.0 Å². The fraction of sp³-hybridized carbons (Fsp3) is 0.462. The number of carbonyl (C=O) groups excluding carboxylic acids is 1. The Bertz CT molecular complexity index is 453. The molecule has 0 fully saturated rings. The third-order valence-electron chi connectivity index (χ3n) is 2.65. The molecule has 0 aliphatic rings. The van der Waals surface area contributed by atoms with Crippen LogP contribution in [-0.4, -0.2) is 35.9 Å². The monoisotopic (exact) mass is 246 g/mol. The number of nitrogens with one attached hydrogen (secondary N) is 1. The van der Waals surface area contributed by atoms with Crippen LogP contribution in [0.1, 0.15) is 24.3 Å². The van der Waals surface area contributed by atoms with E-state index in [9.17, 15) is 4.79 Å². The normalized spacial score (nSPS) is 11.4. The van der Waals surface area contributed by atoms with E-state index in [0.29, 0.717) is 18.8 Å². The Kier molecular flexibility index (Phi) is 5.12. The molecule has 0 saturated heterocycles. The summed E-state index contributed by atoms with van der Waals surface area (Å²) >= 11 is 0. The van der Waals surface area contributed by atoms with Crippen LogP contribution in [0, 0.1) is 17.2 Å². The lowest BCUT2D eigenvalue weighted by molar-refractivity contribution is 0.0747.